The minimum absolute atomic E-state index is 0.172. The Labute approximate surface area is 177 Å². The van der Waals surface area contributed by atoms with Gasteiger partial charge in [-0.3, -0.25) is 9.59 Å². The normalized spacial score (nSPS) is 10.3. The van der Waals surface area contributed by atoms with Crippen molar-refractivity contribution in [1.82, 2.24) is 20.8 Å². The van der Waals surface area contributed by atoms with Gasteiger partial charge >= 0.3 is 11.8 Å². The Bertz CT molecular complexity index is 1010. The highest BCUT2D eigenvalue weighted by atomic mass is 35.5. The van der Waals surface area contributed by atoms with Gasteiger partial charge in [0.1, 0.15) is 11.5 Å². The van der Waals surface area contributed by atoms with Gasteiger partial charge < -0.3 is 24.6 Å². The molecule has 0 unspecified atom stereocenters. The summed E-state index contributed by atoms with van der Waals surface area (Å²) in [6.07, 6.45) is 0. The van der Waals surface area contributed by atoms with E-state index in [1.807, 2.05) is 0 Å². The lowest BCUT2D eigenvalue weighted by molar-refractivity contribution is -0.123. The van der Waals surface area contributed by atoms with Crippen LogP contribution in [0.1, 0.15) is 10.7 Å². The molecule has 2 N–H and O–H groups in total. The van der Waals surface area contributed by atoms with E-state index in [0.29, 0.717) is 22.1 Å². The third-order valence-corrected chi connectivity index (χ3v) is 4.21. The minimum atomic E-state index is -0.538. The molecule has 1 aromatic heterocycles. The summed E-state index contributed by atoms with van der Waals surface area (Å²) in [6.45, 7) is 0.194. The van der Waals surface area contributed by atoms with E-state index in [2.05, 4.69) is 20.8 Å². The summed E-state index contributed by atoms with van der Waals surface area (Å²) in [5, 5.41) is 9.43. The molecule has 156 valence electrons. The first kappa shape index (κ1) is 21.1. The van der Waals surface area contributed by atoms with Gasteiger partial charge in [-0.05, 0) is 36.4 Å². The van der Waals surface area contributed by atoms with E-state index >= 15 is 0 Å². The van der Waals surface area contributed by atoms with Gasteiger partial charge in [0.25, 0.3) is 5.91 Å². The summed E-state index contributed by atoms with van der Waals surface area (Å²) < 4.78 is 15.4. The number of ether oxygens (including phenoxy) is 2. The molecular formula is C20H19ClN4O5. The van der Waals surface area contributed by atoms with Crippen molar-refractivity contribution in [2.24, 2.45) is 0 Å². The fourth-order valence-corrected chi connectivity index (χ4v) is 2.57. The molecule has 0 aliphatic rings. The number of halogens is 1. The van der Waals surface area contributed by atoms with Crippen LogP contribution in [0.5, 0.6) is 11.5 Å². The molecule has 30 heavy (non-hydrogen) atoms. The highest BCUT2D eigenvalue weighted by molar-refractivity contribution is 6.32. The zero-order valence-corrected chi connectivity index (χ0v) is 16.8. The van der Waals surface area contributed by atoms with Gasteiger partial charge in [-0.15, -0.1) is 0 Å². The summed E-state index contributed by atoms with van der Waals surface area (Å²) >= 11 is 5.95. The van der Waals surface area contributed by atoms with Crippen LogP contribution in [0.4, 0.5) is 0 Å². The first-order valence-electron chi connectivity index (χ1n) is 8.97. The molecule has 3 aromatic rings. The van der Waals surface area contributed by atoms with Crippen molar-refractivity contribution in [1.29, 1.82) is 0 Å². The lowest BCUT2D eigenvalue weighted by Gasteiger charge is -2.08. The summed E-state index contributed by atoms with van der Waals surface area (Å²) in [5.74, 6) is 0.348. The molecule has 0 atom stereocenters. The minimum Gasteiger partial charge on any atom is -0.497 e. The summed E-state index contributed by atoms with van der Waals surface area (Å²) in [4.78, 5) is 28.0. The number of aromatic nitrogens is 2. The SMILES string of the molecule is COc1ccc(-c2noc(C(=O)NCCNC(=O)COc3ccccc3Cl)n2)cc1. The van der Waals surface area contributed by atoms with Crippen LogP contribution in [0.15, 0.2) is 53.1 Å². The van der Waals surface area contributed by atoms with Crippen LogP contribution in [0.25, 0.3) is 11.4 Å². The van der Waals surface area contributed by atoms with E-state index < -0.39 is 5.91 Å². The number of hydrogen-bond acceptors (Lipinski definition) is 7. The molecule has 0 spiro atoms. The first-order valence-corrected chi connectivity index (χ1v) is 9.35. The van der Waals surface area contributed by atoms with Crippen molar-refractivity contribution >= 4 is 23.4 Å². The Morgan fingerprint density at radius 2 is 1.80 bits per heavy atom. The number of carbonyl (C=O) groups is 2. The van der Waals surface area contributed by atoms with Crippen LogP contribution in [0.2, 0.25) is 5.02 Å². The number of para-hydroxylation sites is 1. The Morgan fingerprint density at radius 1 is 1.07 bits per heavy atom. The predicted molar refractivity (Wildman–Crippen MR) is 109 cm³/mol. The van der Waals surface area contributed by atoms with Crippen molar-refractivity contribution in [2.75, 3.05) is 26.8 Å². The molecule has 0 radical (unpaired) electrons. The maximum absolute atomic E-state index is 12.1. The maximum atomic E-state index is 12.1. The average molecular weight is 431 g/mol. The fraction of sp³-hybridized carbons (Fsp3) is 0.200. The van der Waals surface area contributed by atoms with E-state index in [-0.39, 0.29) is 37.3 Å². The third kappa shape index (κ3) is 5.71. The smallest absolute Gasteiger partial charge is 0.316 e. The molecule has 2 aromatic carbocycles. The number of rotatable bonds is 9. The molecule has 0 saturated heterocycles. The average Bonchev–Trinajstić information content (AvgIpc) is 3.26. The molecule has 0 saturated carbocycles. The second kappa shape index (κ2) is 10.3. The zero-order valence-electron chi connectivity index (χ0n) is 16.1. The quantitative estimate of drug-likeness (QED) is 0.500. The van der Waals surface area contributed by atoms with E-state index in [0.717, 1.165) is 0 Å². The first-order chi connectivity index (χ1) is 14.6. The van der Waals surface area contributed by atoms with Crippen molar-refractivity contribution in [2.45, 2.75) is 0 Å². The van der Waals surface area contributed by atoms with Crippen LogP contribution in [-0.4, -0.2) is 48.8 Å². The second-order valence-electron chi connectivity index (χ2n) is 5.98. The van der Waals surface area contributed by atoms with Crippen LogP contribution < -0.4 is 20.1 Å². The van der Waals surface area contributed by atoms with E-state index in [9.17, 15) is 9.59 Å². The highest BCUT2D eigenvalue weighted by Gasteiger charge is 2.16. The molecule has 0 bridgehead atoms. The number of benzene rings is 2. The largest absolute Gasteiger partial charge is 0.497 e. The van der Waals surface area contributed by atoms with E-state index in [4.69, 9.17) is 25.6 Å². The lowest BCUT2D eigenvalue weighted by Crippen LogP contribution is -2.36. The standard InChI is InChI=1S/C20H19ClN4O5/c1-28-14-8-6-13(7-9-14)18-24-20(30-25-18)19(27)23-11-10-22-17(26)12-29-16-5-3-2-4-15(16)21/h2-9H,10-12H2,1H3,(H,22,26)(H,23,27). The van der Waals surface area contributed by atoms with Gasteiger partial charge in [-0.25, -0.2) is 0 Å². The number of methoxy groups -OCH3 is 1. The van der Waals surface area contributed by atoms with Gasteiger partial charge in [-0.1, -0.05) is 28.9 Å². The third-order valence-electron chi connectivity index (χ3n) is 3.90. The molecule has 3 rings (SSSR count). The van der Waals surface area contributed by atoms with E-state index in [1.165, 1.54) is 0 Å². The molecule has 9 nitrogen and oxygen atoms in total. The van der Waals surface area contributed by atoms with Gasteiger partial charge in [0.15, 0.2) is 6.61 Å². The van der Waals surface area contributed by atoms with Crippen molar-refractivity contribution < 1.29 is 23.6 Å². The molecule has 0 aliphatic carbocycles. The fourth-order valence-electron chi connectivity index (χ4n) is 2.38. The second-order valence-corrected chi connectivity index (χ2v) is 6.38. The van der Waals surface area contributed by atoms with Crippen LogP contribution in [0.3, 0.4) is 0 Å². The number of hydrogen-bond donors (Lipinski definition) is 2. The van der Waals surface area contributed by atoms with Gasteiger partial charge in [0.2, 0.25) is 5.82 Å². The Balaban J connectivity index is 1.40. The number of carbonyl (C=O) groups excluding carboxylic acids is 2. The molecule has 0 fully saturated rings. The van der Waals surface area contributed by atoms with E-state index in [1.54, 1.807) is 55.6 Å². The molecular weight excluding hydrogens is 412 g/mol. The molecule has 1 heterocycles. The Hall–Kier alpha value is -3.59. The highest BCUT2D eigenvalue weighted by Crippen LogP contribution is 2.22. The number of nitrogens with zero attached hydrogens (tertiary/aromatic N) is 2. The van der Waals surface area contributed by atoms with Crippen molar-refractivity contribution in [3.05, 3.63) is 59.4 Å². The lowest BCUT2D eigenvalue weighted by atomic mass is 10.2. The van der Waals surface area contributed by atoms with Gasteiger partial charge in [-0.2, -0.15) is 4.98 Å². The number of amides is 2. The Kier molecular flexibility index (Phi) is 7.23. The maximum Gasteiger partial charge on any atom is 0.316 e. The van der Waals surface area contributed by atoms with Crippen molar-refractivity contribution in [3.8, 4) is 22.9 Å². The Morgan fingerprint density at radius 3 is 2.53 bits per heavy atom. The van der Waals surface area contributed by atoms with Crippen LogP contribution >= 0.6 is 11.6 Å². The summed E-state index contributed by atoms with van der Waals surface area (Å²) in [6, 6.07) is 13.9. The molecule has 0 aliphatic heterocycles. The van der Waals surface area contributed by atoms with Crippen LogP contribution in [-0.2, 0) is 4.79 Å². The molecule has 2 amide bonds. The monoisotopic (exact) mass is 430 g/mol. The molecule has 10 heteroatoms. The van der Waals surface area contributed by atoms with Crippen molar-refractivity contribution in [3.63, 3.8) is 0 Å². The summed E-state index contributed by atoms with van der Waals surface area (Å²) in [7, 11) is 1.57. The van der Waals surface area contributed by atoms with Gasteiger partial charge in [0.05, 0.1) is 12.1 Å². The summed E-state index contributed by atoms with van der Waals surface area (Å²) in [5.41, 5.74) is 0.685. The van der Waals surface area contributed by atoms with Crippen LogP contribution in [0, 0.1) is 0 Å². The van der Waals surface area contributed by atoms with Gasteiger partial charge in [0, 0.05) is 18.7 Å². The zero-order chi connectivity index (χ0) is 21.3. The predicted octanol–water partition coefficient (Wildman–Crippen LogP) is 2.32. The number of nitrogens with one attached hydrogen (secondary N) is 2. The topological polar surface area (TPSA) is 116 Å².